The third-order valence-corrected chi connectivity index (χ3v) is 5.94. The van der Waals surface area contributed by atoms with Gasteiger partial charge < -0.3 is 14.8 Å². The lowest BCUT2D eigenvalue weighted by Crippen LogP contribution is -2.45. The van der Waals surface area contributed by atoms with E-state index in [9.17, 15) is 9.18 Å². The molecule has 2 aromatic rings. The molecule has 0 unspecified atom stereocenters. The number of hydrogen-bond acceptors (Lipinski definition) is 3. The molecule has 0 radical (unpaired) electrons. The molecule has 6 heteroatoms. The van der Waals surface area contributed by atoms with Gasteiger partial charge in [-0.25, -0.2) is 9.37 Å². The van der Waals surface area contributed by atoms with Gasteiger partial charge in [-0.15, -0.1) is 0 Å². The van der Waals surface area contributed by atoms with E-state index >= 15 is 0 Å². The molecule has 1 aromatic heterocycles. The van der Waals surface area contributed by atoms with E-state index in [-0.39, 0.29) is 11.7 Å². The molecule has 1 saturated heterocycles. The quantitative estimate of drug-likeness (QED) is 0.883. The largest absolute Gasteiger partial charge is 0.338 e. The summed E-state index contributed by atoms with van der Waals surface area (Å²) in [6, 6.07) is 5.13. The molecular formula is C21H27FN4O. The number of hydrogen-bond donors (Lipinski definition) is 1. The predicted molar refractivity (Wildman–Crippen MR) is 102 cm³/mol. The van der Waals surface area contributed by atoms with Gasteiger partial charge in [0, 0.05) is 30.0 Å². The Morgan fingerprint density at radius 1 is 1.30 bits per heavy atom. The molecule has 144 valence electrons. The predicted octanol–water partition coefficient (Wildman–Crippen LogP) is 3.29. The van der Waals surface area contributed by atoms with E-state index in [2.05, 4.69) is 21.9 Å². The van der Waals surface area contributed by atoms with Gasteiger partial charge in [-0.05, 0) is 44.6 Å². The molecule has 2 aliphatic rings. The van der Waals surface area contributed by atoms with E-state index in [0.29, 0.717) is 24.7 Å². The molecule has 27 heavy (non-hydrogen) atoms. The number of amides is 1. The summed E-state index contributed by atoms with van der Waals surface area (Å²) in [5.74, 6) is 1.05. The number of carbonyl (C=O) groups excluding carboxylic acids is 1. The van der Waals surface area contributed by atoms with Crippen LogP contribution in [0.5, 0.6) is 0 Å². The SMILES string of the molecule is CN1CCC(c2ncc(C(=O)N3Cc4cccc(F)c4C(C)(C)C3)[nH]2)CC1. The number of nitrogens with one attached hydrogen (secondary N) is 1. The number of fused-ring (bicyclic) bond motifs is 1. The summed E-state index contributed by atoms with van der Waals surface area (Å²) < 4.78 is 14.3. The molecule has 1 amide bonds. The highest BCUT2D eigenvalue weighted by Crippen LogP contribution is 2.35. The van der Waals surface area contributed by atoms with Crippen LogP contribution in [0.3, 0.4) is 0 Å². The Balaban J connectivity index is 1.54. The molecule has 0 atom stereocenters. The van der Waals surface area contributed by atoms with Crippen LogP contribution in [0.25, 0.3) is 0 Å². The number of piperidine rings is 1. The Bertz CT molecular complexity index is 852. The molecule has 5 nitrogen and oxygen atoms in total. The summed E-state index contributed by atoms with van der Waals surface area (Å²) in [4.78, 5) is 25.0. The van der Waals surface area contributed by atoms with Crippen LogP contribution in [0, 0.1) is 5.82 Å². The van der Waals surface area contributed by atoms with Crippen LogP contribution in [0.2, 0.25) is 0 Å². The van der Waals surface area contributed by atoms with Gasteiger partial charge in [0.15, 0.2) is 0 Å². The first kappa shape index (κ1) is 18.2. The molecule has 4 rings (SSSR count). The van der Waals surface area contributed by atoms with Crippen molar-refractivity contribution in [3.8, 4) is 0 Å². The summed E-state index contributed by atoms with van der Waals surface area (Å²) in [5, 5.41) is 0. The number of rotatable bonds is 2. The maximum absolute atomic E-state index is 14.3. The van der Waals surface area contributed by atoms with Gasteiger partial charge in [0.2, 0.25) is 0 Å². The average Bonchev–Trinajstić information content (AvgIpc) is 3.10. The van der Waals surface area contributed by atoms with Gasteiger partial charge in [-0.3, -0.25) is 4.79 Å². The van der Waals surface area contributed by atoms with Crippen molar-refractivity contribution in [3.05, 3.63) is 52.9 Å². The van der Waals surface area contributed by atoms with Crippen LogP contribution < -0.4 is 0 Å². The molecule has 0 spiro atoms. The van der Waals surface area contributed by atoms with Gasteiger partial charge in [-0.2, -0.15) is 0 Å². The third kappa shape index (κ3) is 3.38. The number of likely N-dealkylation sites (tertiary alicyclic amines) is 1. The minimum atomic E-state index is -0.425. The Morgan fingerprint density at radius 3 is 2.78 bits per heavy atom. The fourth-order valence-corrected chi connectivity index (χ4v) is 4.52. The van der Waals surface area contributed by atoms with Crippen molar-refractivity contribution in [1.82, 2.24) is 19.8 Å². The van der Waals surface area contributed by atoms with E-state index in [1.54, 1.807) is 17.2 Å². The number of carbonyl (C=O) groups is 1. The fraction of sp³-hybridized carbons (Fsp3) is 0.524. The normalized spacial score (nSPS) is 20.5. The van der Waals surface area contributed by atoms with Gasteiger partial charge in [0.05, 0.1) is 6.20 Å². The van der Waals surface area contributed by atoms with Crippen LogP contribution >= 0.6 is 0 Å². The van der Waals surface area contributed by atoms with Gasteiger partial charge in [-0.1, -0.05) is 26.0 Å². The number of imidazole rings is 1. The van der Waals surface area contributed by atoms with E-state index in [1.165, 1.54) is 6.07 Å². The molecular weight excluding hydrogens is 343 g/mol. The van der Waals surface area contributed by atoms with Crippen molar-refractivity contribution in [2.45, 2.75) is 44.6 Å². The highest BCUT2D eigenvalue weighted by molar-refractivity contribution is 5.92. The van der Waals surface area contributed by atoms with Crippen molar-refractivity contribution >= 4 is 5.91 Å². The monoisotopic (exact) mass is 370 g/mol. The first-order valence-electron chi connectivity index (χ1n) is 9.66. The van der Waals surface area contributed by atoms with Crippen molar-refractivity contribution < 1.29 is 9.18 Å². The Morgan fingerprint density at radius 2 is 2.04 bits per heavy atom. The van der Waals surface area contributed by atoms with Crippen LogP contribution in [-0.4, -0.2) is 52.4 Å². The van der Waals surface area contributed by atoms with Crippen molar-refractivity contribution in [1.29, 1.82) is 0 Å². The van der Waals surface area contributed by atoms with Crippen LogP contribution in [-0.2, 0) is 12.0 Å². The molecule has 1 fully saturated rings. The number of aromatic nitrogens is 2. The molecule has 3 heterocycles. The zero-order chi connectivity index (χ0) is 19.2. The second-order valence-electron chi connectivity index (χ2n) is 8.58. The van der Waals surface area contributed by atoms with Crippen LogP contribution in [0.1, 0.15) is 60.0 Å². The van der Waals surface area contributed by atoms with Crippen molar-refractivity contribution in [2.75, 3.05) is 26.7 Å². The van der Waals surface area contributed by atoms with Crippen LogP contribution in [0.15, 0.2) is 24.4 Å². The Labute approximate surface area is 159 Å². The lowest BCUT2D eigenvalue weighted by molar-refractivity contribution is 0.0677. The maximum atomic E-state index is 14.3. The fourth-order valence-electron chi connectivity index (χ4n) is 4.52. The van der Waals surface area contributed by atoms with E-state index in [0.717, 1.165) is 42.9 Å². The van der Waals surface area contributed by atoms with Crippen molar-refractivity contribution in [3.63, 3.8) is 0 Å². The van der Waals surface area contributed by atoms with E-state index < -0.39 is 5.41 Å². The molecule has 1 aromatic carbocycles. The maximum Gasteiger partial charge on any atom is 0.272 e. The molecule has 0 aliphatic carbocycles. The third-order valence-electron chi connectivity index (χ3n) is 5.94. The Hall–Kier alpha value is -2.21. The number of aromatic amines is 1. The standard InChI is InChI=1S/C21H27FN4O/c1-21(2)13-26(12-15-5-4-6-16(22)18(15)21)20(27)17-11-23-19(24-17)14-7-9-25(3)10-8-14/h4-6,11,14H,7-10,12-13H2,1-3H3,(H,23,24). The lowest BCUT2D eigenvalue weighted by atomic mass is 9.78. The minimum absolute atomic E-state index is 0.0651. The van der Waals surface area contributed by atoms with Gasteiger partial charge in [0.25, 0.3) is 5.91 Å². The first-order chi connectivity index (χ1) is 12.8. The summed E-state index contributed by atoms with van der Waals surface area (Å²) in [6.07, 6.45) is 3.77. The van der Waals surface area contributed by atoms with Gasteiger partial charge >= 0.3 is 0 Å². The zero-order valence-electron chi connectivity index (χ0n) is 16.3. The smallest absolute Gasteiger partial charge is 0.272 e. The summed E-state index contributed by atoms with van der Waals surface area (Å²) in [7, 11) is 2.13. The Kier molecular flexibility index (Phi) is 4.54. The number of benzene rings is 1. The number of nitrogens with zero attached hydrogens (tertiary/aromatic N) is 3. The second kappa shape index (κ2) is 6.75. The highest BCUT2D eigenvalue weighted by Gasteiger charge is 2.36. The summed E-state index contributed by atoms with van der Waals surface area (Å²) in [5.41, 5.74) is 1.71. The first-order valence-corrected chi connectivity index (χ1v) is 9.66. The van der Waals surface area contributed by atoms with E-state index in [4.69, 9.17) is 0 Å². The molecule has 1 N–H and O–H groups in total. The molecule has 2 aliphatic heterocycles. The zero-order valence-corrected chi connectivity index (χ0v) is 16.3. The average molecular weight is 370 g/mol. The number of H-pyrrole nitrogens is 1. The highest BCUT2D eigenvalue weighted by atomic mass is 19.1. The molecule has 0 saturated carbocycles. The lowest BCUT2D eigenvalue weighted by Gasteiger charge is -2.39. The summed E-state index contributed by atoms with van der Waals surface area (Å²) >= 11 is 0. The minimum Gasteiger partial charge on any atom is -0.338 e. The van der Waals surface area contributed by atoms with E-state index in [1.807, 2.05) is 19.9 Å². The van der Waals surface area contributed by atoms with Crippen molar-refractivity contribution in [2.24, 2.45) is 0 Å². The van der Waals surface area contributed by atoms with Gasteiger partial charge in [0.1, 0.15) is 17.3 Å². The second-order valence-corrected chi connectivity index (χ2v) is 8.58. The number of halogens is 1. The molecule has 0 bridgehead atoms. The summed E-state index contributed by atoms with van der Waals surface area (Å²) in [6.45, 7) is 7.01. The van der Waals surface area contributed by atoms with Crippen LogP contribution in [0.4, 0.5) is 4.39 Å². The topological polar surface area (TPSA) is 52.2 Å².